The molecule has 7 heteroatoms. The monoisotopic (exact) mass is 438 g/mol. The topological polar surface area (TPSA) is 87.2 Å². The van der Waals surface area contributed by atoms with Crippen molar-refractivity contribution in [3.63, 3.8) is 0 Å². The van der Waals surface area contributed by atoms with Crippen molar-refractivity contribution >= 4 is 17.8 Å². The number of phenolic OH excluding ortho intramolecular Hbond substituents is 1. The first kappa shape index (κ1) is 23.3. The molecule has 2 aromatic rings. The summed E-state index contributed by atoms with van der Waals surface area (Å²) >= 11 is 0. The molecule has 0 aliphatic carbocycles. The molecule has 1 atom stereocenters. The number of aromatic hydroxyl groups is 1. The predicted octanol–water partition coefficient (Wildman–Crippen LogP) is 2.86. The first-order valence-electron chi connectivity index (χ1n) is 10.9. The smallest absolute Gasteiger partial charge is 0.310 e. The van der Waals surface area contributed by atoms with Crippen molar-refractivity contribution in [3.05, 3.63) is 65.2 Å². The number of likely N-dealkylation sites (N-methyl/N-ethyl adjacent to an activating group) is 1. The highest BCUT2D eigenvalue weighted by molar-refractivity contribution is 5.98. The second-order valence-electron chi connectivity index (χ2n) is 8.11. The molecule has 0 saturated carbocycles. The summed E-state index contributed by atoms with van der Waals surface area (Å²) in [6.07, 6.45) is 2.04. The number of piperidine rings is 1. The summed E-state index contributed by atoms with van der Waals surface area (Å²) in [5.41, 5.74) is 2.16. The van der Waals surface area contributed by atoms with E-state index in [-0.39, 0.29) is 35.7 Å². The van der Waals surface area contributed by atoms with Crippen molar-refractivity contribution in [1.82, 2.24) is 9.80 Å². The van der Waals surface area contributed by atoms with Crippen LogP contribution in [0.4, 0.5) is 0 Å². The molecule has 32 heavy (non-hydrogen) atoms. The SMILES string of the molecule is CCOC(=O)C1CCCN(C(=O)CN(C)C(=O)c2cc(Cc3ccccc3)ccc2O)C1. The fourth-order valence-electron chi connectivity index (χ4n) is 3.93. The lowest BCUT2D eigenvalue weighted by Gasteiger charge is -2.32. The van der Waals surface area contributed by atoms with E-state index in [2.05, 4.69) is 0 Å². The van der Waals surface area contributed by atoms with E-state index in [1.807, 2.05) is 30.3 Å². The molecule has 1 fully saturated rings. The van der Waals surface area contributed by atoms with Gasteiger partial charge in [0.15, 0.2) is 0 Å². The van der Waals surface area contributed by atoms with Gasteiger partial charge in [0, 0.05) is 20.1 Å². The molecule has 1 aliphatic heterocycles. The molecule has 0 spiro atoms. The van der Waals surface area contributed by atoms with E-state index in [0.717, 1.165) is 17.5 Å². The van der Waals surface area contributed by atoms with Crippen LogP contribution in [0.2, 0.25) is 0 Å². The third-order valence-corrected chi connectivity index (χ3v) is 5.66. The fourth-order valence-corrected chi connectivity index (χ4v) is 3.93. The first-order valence-corrected chi connectivity index (χ1v) is 10.9. The first-order chi connectivity index (χ1) is 15.4. The number of carbonyl (C=O) groups is 3. The maximum Gasteiger partial charge on any atom is 0.310 e. The molecule has 1 unspecified atom stereocenters. The minimum Gasteiger partial charge on any atom is -0.507 e. The number of phenols is 1. The fraction of sp³-hybridized carbons (Fsp3) is 0.400. The van der Waals surface area contributed by atoms with Gasteiger partial charge in [0.1, 0.15) is 5.75 Å². The second kappa shape index (κ2) is 10.8. The molecule has 0 bridgehead atoms. The van der Waals surface area contributed by atoms with E-state index in [0.29, 0.717) is 32.5 Å². The van der Waals surface area contributed by atoms with Gasteiger partial charge in [0.25, 0.3) is 5.91 Å². The maximum atomic E-state index is 13.0. The Bertz CT molecular complexity index is 960. The van der Waals surface area contributed by atoms with Crippen molar-refractivity contribution < 1.29 is 24.2 Å². The van der Waals surface area contributed by atoms with Gasteiger partial charge in [0.05, 0.1) is 24.6 Å². The van der Waals surface area contributed by atoms with Gasteiger partial charge in [-0.1, -0.05) is 36.4 Å². The average Bonchev–Trinajstić information content (AvgIpc) is 2.80. The van der Waals surface area contributed by atoms with Gasteiger partial charge < -0.3 is 19.6 Å². The molecule has 0 aromatic heterocycles. The predicted molar refractivity (Wildman–Crippen MR) is 120 cm³/mol. The Kier molecular flexibility index (Phi) is 7.87. The maximum absolute atomic E-state index is 13.0. The van der Waals surface area contributed by atoms with Crippen molar-refractivity contribution in [3.8, 4) is 5.75 Å². The Morgan fingerprint density at radius 3 is 2.59 bits per heavy atom. The van der Waals surface area contributed by atoms with E-state index in [9.17, 15) is 19.5 Å². The van der Waals surface area contributed by atoms with Crippen LogP contribution in [-0.2, 0) is 20.7 Å². The quantitative estimate of drug-likeness (QED) is 0.672. The Labute approximate surface area is 188 Å². The normalized spacial score (nSPS) is 15.8. The van der Waals surface area contributed by atoms with Crippen LogP contribution in [0.3, 0.4) is 0 Å². The van der Waals surface area contributed by atoms with Gasteiger partial charge in [-0.3, -0.25) is 14.4 Å². The highest BCUT2D eigenvalue weighted by atomic mass is 16.5. The third-order valence-electron chi connectivity index (χ3n) is 5.66. The number of benzene rings is 2. The summed E-state index contributed by atoms with van der Waals surface area (Å²) in [7, 11) is 1.54. The Morgan fingerprint density at radius 1 is 1.12 bits per heavy atom. The lowest BCUT2D eigenvalue weighted by Crippen LogP contribution is -2.47. The van der Waals surface area contributed by atoms with E-state index < -0.39 is 5.91 Å². The van der Waals surface area contributed by atoms with Crippen LogP contribution in [0.5, 0.6) is 5.75 Å². The van der Waals surface area contributed by atoms with Gasteiger partial charge in [-0.15, -0.1) is 0 Å². The largest absolute Gasteiger partial charge is 0.507 e. The van der Waals surface area contributed by atoms with Crippen LogP contribution in [0, 0.1) is 5.92 Å². The number of hydrogen-bond donors (Lipinski definition) is 1. The van der Waals surface area contributed by atoms with E-state index in [1.54, 1.807) is 24.0 Å². The van der Waals surface area contributed by atoms with Crippen molar-refractivity contribution in [2.24, 2.45) is 5.92 Å². The zero-order valence-corrected chi connectivity index (χ0v) is 18.6. The Hall–Kier alpha value is -3.35. The van der Waals surface area contributed by atoms with Crippen molar-refractivity contribution in [2.75, 3.05) is 33.3 Å². The molecule has 1 aliphatic rings. The highest BCUT2D eigenvalue weighted by Crippen LogP contribution is 2.23. The van der Waals surface area contributed by atoms with Crippen LogP contribution in [0.1, 0.15) is 41.3 Å². The van der Waals surface area contributed by atoms with Crippen LogP contribution in [0.15, 0.2) is 48.5 Å². The molecule has 2 aromatic carbocycles. The Balaban J connectivity index is 1.64. The summed E-state index contributed by atoms with van der Waals surface area (Å²) in [5.74, 6) is -1.38. The van der Waals surface area contributed by atoms with E-state index in [4.69, 9.17) is 4.74 Å². The van der Waals surface area contributed by atoms with Gasteiger partial charge in [-0.05, 0) is 49.4 Å². The minimum absolute atomic E-state index is 0.119. The minimum atomic E-state index is -0.426. The van der Waals surface area contributed by atoms with Gasteiger partial charge in [-0.25, -0.2) is 0 Å². The highest BCUT2D eigenvalue weighted by Gasteiger charge is 2.30. The number of carbonyl (C=O) groups excluding carboxylic acids is 3. The molecule has 170 valence electrons. The number of rotatable bonds is 7. The molecule has 1 N–H and O–H groups in total. The van der Waals surface area contributed by atoms with Gasteiger partial charge in [-0.2, -0.15) is 0 Å². The molecule has 2 amide bonds. The summed E-state index contributed by atoms with van der Waals surface area (Å²) in [6.45, 7) is 2.80. The lowest BCUT2D eigenvalue weighted by molar-refractivity contribution is -0.151. The van der Waals surface area contributed by atoms with Gasteiger partial charge in [0.2, 0.25) is 5.91 Å². The second-order valence-corrected chi connectivity index (χ2v) is 8.11. The molecule has 0 radical (unpaired) electrons. The molecular formula is C25H30N2O5. The lowest BCUT2D eigenvalue weighted by atomic mass is 9.98. The Morgan fingerprint density at radius 2 is 1.88 bits per heavy atom. The van der Waals surface area contributed by atoms with Crippen LogP contribution in [-0.4, -0.2) is 66.0 Å². The van der Waals surface area contributed by atoms with Crippen molar-refractivity contribution in [1.29, 1.82) is 0 Å². The molecule has 7 nitrogen and oxygen atoms in total. The van der Waals surface area contributed by atoms with E-state index in [1.165, 1.54) is 18.0 Å². The average molecular weight is 439 g/mol. The standard InChI is InChI=1S/C25H30N2O5/c1-3-32-25(31)20-10-7-13-27(16-20)23(29)17-26(2)24(30)21-15-19(11-12-22(21)28)14-18-8-5-4-6-9-18/h4-6,8-9,11-12,15,20,28H,3,7,10,13-14,16-17H2,1-2H3. The molecule has 1 heterocycles. The van der Waals surface area contributed by atoms with Crippen LogP contribution < -0.4 is 0 Å². The molecule has 3 rings (SSSR count). The summed E-state index contributed by atoms with van der Waals surface area (Å²) in [4.78, 5) is 40.7. The summed E-state index contributed by atoms with van der Waals surface area (Å²) < 4.78 is 5.08. The zero-order chi connectivity index (χ0) is 23.1. The number of amides is 2. The summed E-state index contributed by atoms with van der Waals surface area (Å²) in [5, 5.41) is 10.3. The third kappa shape index (κ3) is 5.87. The van der Waals surface area contributed by atoms with Gasteiger partial charge >= 0.3 is 5.97 Å². The molecule has 1 saturated heterocycles. The van der Waals surface area contributed by atoms with Crippen LogP contribution in [0.25, 0.3) is 0 Å². The number of esters is 1. The number of likely N-dealkylation sites (tertiary alicyclic amines) is 1. The van der Waals surface area contributed by atoms with Crippen LogP contribution >= 0.6 is 0 Å². The van der Waals surface area contributed by atoms with Crippen molar-refractivity contribution in [2.45, 2.75) is 26.2 Å². The number of hydrogen-bond acceptors (Lipinski definition) is 5. The zero-order valence-electron chi connectivity index (χ0n) is 18.6. The van der Waals surface area contributed by atoms with E-state index >= 15 is 0 Å². The summed E-state index contributed by atoms with van der Waals surface area (Å²) in [6, 6.07) is 14.8. The number of ether oxygens (including phenoxy) is 1. The molecular weight excluding hydrogens is 408 g/mol. The number of nitrogens with zero attached hydrogens (tertiary/aromatic N) is 2.